The van der Waals surface area contributed by atoms with Gasteiger partial charge in [-0.3, -0.25) is 0 Å². The van der Waals surface area contributed by atoms with Crippen molar-refractivity contribution in [1.29, 1.82) is 0 Å². The molecule has 0 spiro atoms. The molecule has 0 aliphatic rings. The summed E-state index contributed by atoms with van der Waals surface area (Å²) in [7, 11) is 0. The number of aromatic nitrogens is 2. The first-order valence-electron chi connectivity index (χ1n) is 5.05. The molecule has 0 aliphatic heterocycles. The minimum atomic E-state index is 0.647. The Hall–Kier alpha value is -0.980. The van der Waals surface area contributed by atoms with Crippen molar-refractivity contribution in [3.05, 3.63) is 27.2 Å². The van der Waals surface area contributed by atoms with E-state index >= 15 is 0 Å². The van der Waals surface area contributed by atoms with Gasteiger partial charge in [-0.1, -0.05) is 0 Å². The van der Waals surface area contributed by atoms with Crippen molar-refractivity contribution in [3.63, 3.8) is 0 Å². The highest BCUT2D eigenvalue weighted by Gasteiger charge is 2.01. The van der Waals surface area contributed by atoms with E-state index in [1.54, 1.807) is 11.3 Å². The van der Waals surface area contributed by atoms with Crippen LogP contribution in [0.3, 0.4) is 0 Å². The molecule has 0 fully saturated rings. The summed E-state index contributed by atoms with van der Waals surface area (Å²) in [6.45, 7) is 3.84. The minimum absolute atomic E-state index is 0.647. The maximum Gasteiger partial charge on any atom is 0.180 e. The molecule has 86 valence electrons. The molecular formula is C10H14N4S2. The molecule has 0 radical (unpaired) electrons. The number of nitrogens with one attached hydrogen (secondary N) is 1. The molecule has 2 aromatic rings. The molecular weight excluding hydrogens is 240 g/mol. The van der Waals surface area contributed by atoms with Gasteiger partial charge in [-0.25, -0.2) is 9.97 Å². The molecule has 0 saturated carbocycles. The van der Waals surface area contributed by atoms with Crippen LogP contribution in [0, 0.1) is 6.92 Å². The normalized spacial score (nSPS) is 10.8. The summed E-state index contributed by atoms with van der Waals surface area (Å²) < 4.78 is 0. The standard InChI is InChI=1S/C10H14N4S2/c1-7-9(16-6-13-7)4-12-3-2-8-5-15-10(11)14-8/h5-6,12H,2-4H2,1H3,(H2,11,14). The molecule has 0 amide bonds. The third-order valence-corrected chi connectivity index (χ3v) is 3.92. The van der Waals surface area contributed by atoms with Gasteiger partial charge in [0.05, 0.1) is 16.9 Å². The smallest absolute Gasteiger partial charge is 0.180 e. The molecule has 4 nitrogen and oxygen atoms in total. The van der Waals surface area contributed by atoms with Crippen LogP contribution in [-0.2, 0) is 13.0 Å². The number of nitrogens with zero attached hydrogens (tertiary/aromatic N) is 2. The van der Waals surface area contributed by atoms with Gasteiger partial charge < -0.3 is 11.1 Å². The van der Waals surface area contributed by atoms with Crippen LogP contribution < -0.4 is 11.1 Å². The molecule has 0 aromatic carbocycles. The van der Waals surface area contributed by atoms with Crippen LogP contribution >= 0.6 is 22.7 Å². The van der Waals surface area contributed by atoms with E-state index in [9.17, 15) is 0 Å². The second kappa shape index (κ2) is 5.38. The first kappa shape index (κ1) is 11.5. The van der Waals surface area contributed by atoms with Crippen molar-refractivity contribution in [2.45, 2.75) is 19.9 Å². The minimum Gasteiger partial charge on any atom is -0.375 e. The van der Waals surface area contributed by atoms with E-state index in [2.05, 4.69) is 15.3 Å². The quantitative estimate of drug-likeness (QED) is 0.799. The van der Waals surface area contributed by atoms with Gasteiger partial charge in [-0.2, -0.15) is 0 Å². The molecule has 2 aromatic heterocycles. The summed E-state index contributed by atoms with van der Waals surface area (Å²) in [5.74, 6) is 0. The monoisotopic (exact) mass is 254 g/mol. The maximum atomic E-state index is 5.56. The van der Waals surface area contributed by atoms with Crippen LogP contribution in [0.15, 0.2) is 10.9 Å². The van der Waals surface area contributed by atoms with Gasteiger partial charge in [-0.05, 0) is 6.92 Å². The summed E-state index contributed by atoms with van der Waals surface area (Å²) in [6, 6.07) is 0. The van der Waals surface area contributed by atoms with E-state index in [0.29, 0.717) is 5.13 Å². The summed E-state index contributed by atoms with van der Waals surface area (Å²) >= 11 is 3.19. The number of hydrogen-bond donors (Lipinski definition) is 2. The van der Waals surface area contributed by atoms with Crippen LogP contribution in [0.1, 0.15) is 16.3 Å². The van der Waals surface area contributed by atoms with Crippen molar-refractivity contribution in [1.82, 2.24) is 15.3 Å². The topological polar surface area (TPSA) is 63.8 Å². The number of hydrogen-bond acceptors (Lipinski definition) is 6. The van der Waals surface area contributed by atoms with E-state index in [1.807, 2.05) is 17.8 Å². The highest BCUT2D eigenvalue weighted by Crippen LogP contribution is 2.12. The van der Waals surface area contributed by atoms with Crippen LogP contribution in [0.5, 0.6) is 0 Å². The average Bonchev–Trinajstić information content (AvgIpc) is 2.83. The summed E-state index contributed by atoms with van der Waals surface area (Å²) in [4.78, 5) is 9.72. The van der Waals surface area contributed by atoms with E-state index in [-0.39, 0.29) is 0 Å². The lowest BCUT2D eigenvalue weighted by atomic mass is 10.3. The number of anilines is 1. The van der Waals surface area contributed by atoms with Gasteiger partial charge >= 0.3 is 0 Å². The summed E-state index contributed by atoms with van der Waals surface area (Å²) in [6.07, 6.45) is 0.922. The lowest BCUT2D eigenvalue weighted by molar-refractivity contribution is 0.685. The summed E-state index contributed by atoms with van der Waals surface area (Å²) in [5.41, 5.74) is 9.63. The van der Waals surface area contributed by atoms with Crippen molar-refractivity contribution < 1.29 is 0 Å². The molecule has 0 saturated heterocycles. The lowest BCUT2D eigenvalue weighted by Crippen LogP contribution is -2.16. The largest absolute Gasteiger partial charge is 0.375 e. The number of nitrogens with two attached hydrogens (primary N) is 1. The van der Waals surface area contributed by atoms with Crippen molar-refractivity contribution >= 4 is 27.8 Å². The fourth-order valence-electron chi connectivity index (χ4n) is 1.35. The van der Waals surface area contributed by atoms with Crippen LogP contribution in [0.25, 0.3) is 0 Å². The highest BCUT2D eigenvalue weighted by molar-refractivity contribution is 7.13. The Morgan fingerprint density at radius 3 is 2.94 bits per heavy atom. The molecule has 16 heavy (non-hydrogen) atoms. The van der Waals surface area contributed by atoms with Crippen molar-refractivity contribution in [3.8, 4) is 0 Å². The Kier molecular flexibility index (Phi) is 3.87. The Balaban J connectivity index is 1.71. The first-order chi connectivity index (χ1) is 7.75. The first-order valence-corrected chi connectivity index (χ1v) is 6.81. The van der Waals surface area contributed by atoms with E-state index in [4.69, 9.17) is 5.73 Å². The van der Waals surface area contributed by atoms with E-state index < -0.39 is 0 Å². The van der Waals surface area contributed by atoms with Gasteiger partial charge in [0.25, 0.3) is 0 Å². The second-order valence-corrected chi connectivity index (χ2v) is 5.29. The number of nitrogen functional groups attached to an aromatic ring is 1. The molecule has 2 heterocycles. The number of aryl methyl sites for hydroxylation is 1. The Morgan fingerprint density at radius 2 is 2.31 bits per heavy atom. The van der Waals surface area contributed by atoms with Crippen LogP contribution in [0.4, 0.5) is 5.13 Å². The van der Waals surface area contributed by atoms with Gasteiger partial charge in [-0.15, -0.1) is 22.7 Å². The Morgan fingerprint density at radius 1 is 1.44 bits per heavy atom. The number of rotatable bonds is 5. The van der Waals surface area contributed by atoms with Crippen LogP contribution in [-0.4, -0.2) is 16.5 Å². The number of thiazole rings is 2. The Bertz CT molecular complexity index is 449. The SMILES string of the molecule is Cc1ncsc1CNCCc1csc(N)n1. The lowest BCUT2D eigenvalue weighted by Gasteiger charge is -2.01. The molecule has 2 rings (SSSR count). The van der Waals surface area contributed by atoms with E-state index in [0.717, 1.165) is 30.9 Å². The van der Waals surface area contributed by atoms with E-state index in [1.165, 1.54) is 16.2 Å². The zero-order chi connectivity index (χ0) is 11.4. The predicted octanol–water partition coefficient (Wildman–Crippen LogP) is 1.82. The van der Waals surface area contributed by atoms with Gasteiger partial charge in [0.1, 0.15) is 0 Å². The zero-order valence-corrected chi connectivity index (χ0v) is 10.7. The third-order valence-electron chi connectivity index (χ3n) is 2.26. The molecule has 6 heteroatoms. The summed E-state index contributed by atoms with van der Waals surface area (Å²) in [5, 5.41) is 6.04. The molecule has 0 aliphatic carbocycles. The Labute approximate surface area is 103 Å². The zero-order valence-electron chi connectivity index (χ0n) is 9.06. The van der Waals surface area contributed by atoms with Crippen molar-refractivity contribution in [2.75, 3.05) is 12.3 Å². The molecule has 3 N–H and O–H groups in total. The molecule has 0 unspecified atom stereocenters. The predicted molar refractivity (Wildman–Crippen MR) is 68.8 cm³/mol. The maximum absolute atomic E-state index is 5.56. The van der Waals surface area contributed by atoms with Crippen LogP contribution in [0.2, 0.25) is 0 Å². The second-order valence-electron chi connectivity index (χ2n) is 3.46. The molecule has 0 bridgehead atoms. The fraction of sp³-hybridized carbons (Fsp3) is 0.400. The van der Waals surface area contributed by atoms with Gasteiger partial charge in [0, 0.05) is 29.8 Å². The van der Waals surface area contributed by atoms with Gasteiger partial charge in [0.15, 0.2) is 5.13 Å². The fourth-order valence-corrected chi connectivity index (χ4v) is 2.70. The van der Waals surface area contributed by atoms with Crippen molar-refractivity contribution in [2.24, 2.45) is 0 Å². The average molecular weight is 254 g/mol. The van der Waals surface area contributed by atoms with Gasteiger partial charge in [0.2, 0.25) is 0 Å². The third kappa shape index (κ3) is 3.01. The molecule has 0 atom stereocenters. The highest BCUT2D eigenvalue weighted by atomic mass is 32.1.